The average Bonchev–Trinajstić information content (AvgIpc) is 0.756. The highest BCUT2D eigenvalue weighted by molar-refractivity contribution is 5.92. The van der Waals surface area contributed by atoms with Gasteiger partial charge >= 0.3 is 47.8 Å². The Morgan fingerprint density at radius 1 is 0.265 bits per heavy atom. The molecule has 26 nitrogen and oxygen atoms in total. The minimum atomic E-state index is -1.92. The molecule has 0 bridgehead atoms. The summed E-state index contributed by atoms with van der Waals surface area (Å²) < 4.78 is 121. The second-order valence-corrected chi connectivity index (χ2v) is 30.3. The van der Waals surface area contributed by atoms with Crippen molar-refractivity contribution in [1.29, 1.82) is 0 Å². The van der Waals surface area contributed by atoms with Crippen molar-refractivity contribution in [1.82, 2.24) is 0 Å². The monoisotopic (exact) mass is 1610 g/mol. The number of carbonyl (C=O) groups is 8. The lowest BCUT2D eigenvalue weighted by molar-refractivity contribution is -0.384. The Hall–Kier alpha value is -10.1. The molecule has 0 aliphatic carbocycles. The zero-order chi connectivity index (χ0) is 82.8. The van der Waals surface area contributed by atoms with Crippen molar-refractivity contribution in [2.24, 2.45) is 41.4 Å². The third-order valence-electron chi connectivity index (χ3n) is 22.5. The van der Waals surface area contributed by atoms with Gasteiger partial charge in [-0.1, -0.05) is 195 Å². The summed E-state index contributed by atoms with van der Waals surface area (Å²) in [6.07, 6.45) is -24.3. The molecule has 5 aliphatic heterocycles. The van der Waals surface area contributed by atoms with Crippen molar-refractivity contribution < 1.29 is 124 Å². The maximum absolute atomic E-state index is 15.4. The van der Waals surface area contributed by atoms with Gasteiger partial charge in [-0.3, -0.25) is 9.59 Å². The van der Waals surface area contributed by atoms with E-state index < -0.39 is 202 Å². The number of benzene rings is 7. The van der Waals surface area contributed by atoms with Gasteiger partial charge in [-0.05, 0) is 103 Å². The molecular weight excluding hydrogens is 1510 g/mol. The van der Waals surface area contributed by atoms with E-state index in [1.807, 2.05) is 65.0 Å². The zero-order valence-electron chi connectivity index (χ0n) is 67.0. The number of esters is 8. The van der Waals surface area contributed by atoms with Crippen molar-refractivity contribution in [3.05, 3.63) is 251 Å². The maximum Gasteiger partial charge on any atom is 0.338 e. The van der Waals surface area contributed by atoms with Gasteiger partial charge in [0.05, 0.1) is 52.2 Å². The highest BCUT2D eigenvalue weighted by Gasteiger charge is 2.59. The highest BCUT2D eigenvalue weighted by Crippen LogP contribution is 2.45. The molecule has 0 amide bonds. The zero-order valence-corrected chi connectivity index (χ0v) is 67.0. The van der Waals surface area contributed by atoms with Crippen LogP contribution in [0.5, 0.6) is 0 Å². The van der Waals surface area contributed by atoms with Crippen LogP contribution in [0.3, 0.4) is 0 Å². The fourth-order valence-electron chi connectivity index (χ4n) is 15.3. The van der Waals surface area contributed by atoms with E-state index in [1.54, 1.807) is 178 Å². The van der Waals surface area contributed by atoms with E-state index in [2.05, 4.69) is 0 Å². The van der Waals surface area contributed by atoms with Gasteiger partial charge in [0.25, 0.3) is 0 Å². The minimum absolute atomic E-state index is 0.0494. The molecule has 0 saturated carbocycles. The molecule has 0 radical (unpaired) electrons. The number of carbonyl (C=O) groups excluding carboxylic acids is 8. The first-order valence-corrected chi connectivity index (χ1v) is 39.8. The summed E-state index contributed by atoms with van der Waals surface area (Å²) in [4.78, 5) is 114. The lowest BCUT2D eigenvalue weighted by Gasteiger charge is -2.52. The average molecular weight is 1610 g/mol. The summed E-state index contributed by atoms with van der Waals surface area (Å²) in [7, 11) is 0. The van der Waals surface area contributed by atoms with E-state index in [0.29, 0.717) is 6.42 Å². The van der Waals surface area contributed by atoms with E-state index >= 15 is 14.4 Å². The normalized spacial score (nSPS) is 30.9. The highest BCUT2D eigenvalue weighted by atomic mass is 16.8. The molecule has 7 aromatic rings. The summed E-state index contributed by atoms with van der Waals surface area (Å²) in [5.74, 6) is -10.8. The van der Waals surface area contributed by atoms with Crippen LogP contribution in [0.1, 0.15) is 143 Å². The SMILES string of the molecule is CCC1O[C@H](OCc2ccccc2)C(O[C@H]2OC(COC(=O)c3ccccc3)[C@@H](C)[C@H](O[C@H]3OC(COC(=O)c4ccccc4)[C@@H](C)[C@H](O[C@H]4OC(COC(=O)c5ccccc5)[C@@H](C)[C@H](O[C@H]5OC(COC(C)=O)[C@@H](C)[C@H](C)C5OC(C)=O)C4OC(=O)c4ccccc4)C3OC(=O)c3ccccc3)C2OC(=O)c2ccccc2)[C@@H](C)[C@@H]1C. The third kappa shape index (κ3) is 21.8. The van der Waals surface area contributed by atoms with E-state index in [4.69, 9.17) is 85.3 Å². The quantitative estimate of drug-likeness (QED) is 0.0298. The van der Waals surface area contributed by atoms with E-state index in [1.165, 1.54) is 38.1 Å². The van der Waals surface area contributed by atoms with Crippen LogP contribution in [-0.4, -0.2) is 185 Å². The first kappa shape index (κ1) is 86.2. The lowest BCUT2D eigenvalue weighted by atomic mass is 9.82. The predicted molar refractivity (Wildman–Crippen MR) is 418 cm³/mol. The first-order valence-electron chi connectivity index (χ1n) is 39.8. The molecular formula is C91H102O26. The standard InChI is InChI=1S/C91H102O26/c1-11-68-52(2)54(4)76(87(106-68)104-47-61-33-19-12-20-34-61)117-91-80(113-86(99)67-45-31-18-32-46-67)75(58(8)72(110-91)51-103-83(96)64-39-25-15-26-40-64)116-90-79(112-85(98)66-43-29-17-30-44-66)74(57(7)71(109-90)50-102-82(95)63-37-23-14-24-38-63)115-89-78(111-84(97)65-41-27-16-28-42-65)73(56(6)70(108-89)49-101-81(94)62-35-21-13-22-36-62)114-88-77(105-60(10)93)55(5)53(3)69(107-88)48-100-59(9)92/h12-46,52-58,68-80,87-91H,11,47-51H2,1-10H3/t52-,53-,54-,55-,56+,57+,58+,68?,69?,70?,71?,72?,73-,74-,75-,76?,77?,78?,79?,80?,87-,88+,89+,90+,91+/m0/s1. The van der Waals surface area contributed by atoms with E-state index in [0.717, 1.165) is 5.56 Å². The predicted octanol–water partition coefficient (Wildman–Crippen LogP) is 13.0. The van der Waals surface area contributed by atoms with Crippen LogP contribution in [0.25, 0.3) is 0 Å². The van der Waals surface area contributed by atoms with Gasteiger partial charge in [-0.2, -0.15) is 0 Å². The van der Waals surface area contributed by atoms with E-state index in [9.17, 15) is 24.0 Å². The molecule has 26 heteroatoms. The number of hydrogen-bond acceptors (Lipinski definition) is 26. The largest absolute Gasteiger partial charge is 0.463 e. The molecule has 117 heavy (non-hydrogen) atoms. The van der Waals surface area contributed by atoms with Gasteiger partial charge in [0.2, 0.25) is 0 Å². The van der Waals surface area contributed by atoms with Crippen molar-refractivity contribution >= 4 is 47.8 Å². The van der Waals surface area contributed by atoms with Crippen LogP contribution < -0.4 is 0 Å². The summed E-state index contributed by atoms with van der Waals surface area (Å²) in [5.41, 5.74) is 1.70. The van der Waals surface area contributed by atoms with Crippen LogP contribution in [0.2, 0.25) is 0 Å². The number of hydrogen-bond donors (Lipinski definition) is 0. The summed E-state index contributed by atoms with van der Waals surface area (Å²) in [6.45, 7) is 15.7. The Labute approximate surface area is 680 Å². The first-order chi connectivity index (χ1) is 56.5. The molecule has 12 rings (SSSR count). The van der Waals surface area contributed by atoms with Crippen LogP contribution >= 0.6 is 0 Å². The Kier molecular flexibility index (Phi) is 30.1. The lowest BCUT2D eigenvalue weighted by Crippen LogP contribution is -2.66. The topological polar surface area (TPSA) is 303 Å². The van der Waals surface area contributed by atoms with Gasteiger partial charge in [-0.25, -0.2) is 28.8 Å². The third-order valence-corrected chi connectivity index (χ3v) is 22.5. The van der Waals surface area contributed by atoms with Gasteiger partial charge in [-0.15, -0.1) is 0 Å². The Morgan fingerprint density at radius 2 is 0.530 bits per heavy atom. The molecule has 10 unspecified atom stereocenters. The Balaban J connectivity index is 1.01. The van der Waals surface area contributed by atoms with E-state index in [-0.39, 0.29) is 64.5 Å². The van der Waals surface area contributed by atoms with Crippen LogP contribution in [0.4, 0.5) is 0 Å². The van der Waals surface area contributed by atoms with Crippen LogP contribution in [-0.2, 0) is 101 Å². The van der Waals surface area contributed by atoms with Crippen molar-refractivity contribution in [2.45, 2.75) is 193 Å². The number of rotatable bonds is 30. The number of ether oxygens (including phenoxy) is 18. The molecule has 5 heterocycles. The summed E-state index contributed by atoms with van der Waals surface area (Å²) in [5, 5.41) is 0. The molecule has 622 valence electrons. The maximum atomic E-state index is 15.4. The fraction of sp³-hybridized carbons (Fsp3) is 0.451. The van der Waals surface area contributed by atoms with Gasteiger partial charge in [0, 0.05) is 37.5 Å². The Morgan fingerprint density at radius 3 is 0.846 bits per heavy atom. The smallest absolute Gasteiger partial charge is 0.338 e. The van der Waals surface area contributed by atoms with Gasteiger partial charge in [0.1, 0.15) is 69.2 Å². The molecule has 25 atom stereocenters. The molecule has 5 fully saturated rings. The van der Waals surface area contributed by atoms with Crippen molar-refractivity contribution in [2.75, 3.05) is 26.4 Å². The van der Waals surface area contributed by atoms with Gasteiger partial charge < -0.3 is 85.3 Å². The second kappa shape index (κ2) is 40.8. The fourth-order valence-corrected chi connectivity index (χ4v) is 15.3. The Bertz CT molecular complexity index is 4370. The molecule has 0 spiro atoms. The van der Waals surface area contributed by atoms with Crippen molar-refractivity contribution in [3.63, 3.8) is 0 Å². The summed E-state index contributed by atoms with van der Waals surface area (Å²) in [6, 6.07) is 58.5. The minimum Gasteiger partial charge on any atom is -0.463 e. The molecule has 0 N–H and O–H groups in total. The van der Waals surface area contributed by atoms with Gasteiger partial charge in [0.15, 0.2) is 55.9 Å². The van der Waals surface area contributed by atoms with Crippen molar-refractivity contribution in [3.8, 4) is 0 Å². The van der Waals surface area contributed by atoms with Crippen LogP contribution in [0, 0.1) is 41.4 Å². The molecule has 5 saturated heterocycles. The van der Waals surface area contributed by atoms with Crippen LogP contribution in [0.15, 0.2) is 212 Å². The second-order valence-electron chi connectivity index (χ2n) is 30.3. The summed E-state index contributed by atoms with van der Waals surface area (Å²) >= 11 is 0. The molecule has 7 aromatic carbocycles. The molecule has 5 aliphatic rings. The molecule has 0 aromatic heterocycles.